The normalized spacial score (nSPS) is 32.1. The Morgan fingerprint density at radius 1 is 1.33 bits per heavy atom. The molecule has 0 N–H and O–H groups in total. The Kier molecular flexibility index (Phi) is 1.03. The minimum Gasteiger partial charge on any atom is -0.291 e. The fraction of sp³-hybridized carbons (Fsp3) is 0.714. The fourth-order valence-electron chi connectivity index (χ4n) is 0.961. The average molecular weight is 126 g/mol. The Bertz CT molecular complexity index is 179. The van der Waals surface area contributed by atoms with Gasteiger partial charge in [0.25, 0.3) is 0 Å². The van der Waals surface area contributed by atoms with Crippen molar-refractivity contribution in [2.24, 2.45) is 11.3 Å². The van der Waals surface area contributed by atoms with E-state index in [0.717, 1.165) is 0 Å². The van der Waals surface area contributed by atoms with Crippen molar-refractivity contribution < 1.29 is 9.59 Å². The van der Waals surface area contributed by atoms with Crippen LogP contribution in [-0.4, -0.2) is 11.6 Å². The van der Waals surface area contributed by atoms with Crippen molar-refractivity contribution in [1.29, 1.82) is 0 Å². The van der Waals surface area contributed by atoms with Gasteiger partial charge < -0.3 is 0 Å². The van der Waals surface area contributed by atoms with Gasteiger partial charge in [0.2, 0.25) is 11.6 Å². The largest absolute Gasteiger partial charge is 0.291 e. The first-order chi connectivity index (χ1) is 3.98. The molecule has 0 radical (unpaired) electrons. The van der Waals surface area contributed by atoms with Crippen LogP contribution in [0.5, 0.6) is 0 Å². The highest BCUT2D eigenvalue weighted by molar-refractivity contribution is 6.46. The third-order valence-electron chi connectivity index (χ3n) is 2.28. The summed E-state index contributed by atoms with van der Waals surface area (Å²) in [6.45, 7) is 5.41. The van der Waals surface area contributed by atoms with Crippen LogP contribution in [0.4, 0.5) is 0 Å². The van der Waals surface area contributed by atoms with Gasteiger partial charge in [-0.05, 0) is 0 Å². The molecule has 1 rings (SSSR count). The van der Waals surface area contributed by atoms with Gasteiger partial charge in [0.1, 0.15) is 0 Å². The van der Waals surface area contributed by atoms with Crippen LogP contribution in [0, 0.1) is 11.3 Å². The summed E-state index contributed by atoms with van der Waals surface area (Å²) in [6, 6.07) is 0. The number of hydrogen-bond acceptors (Lipinski definition) is 2. The average Bonchev–Trinajstić information content (AvgIpc) is 1.84. The minimum atomic E-state index is -0.378. The number of hydrogen-bond donors (Lipinski definition) is 0. The zero-order valence-electron chi connectivity index (χ0n) is 5.89. The topological polar surface area (TPSA) is 34.1 Å². The molecular weight excluding hydrogens is 116 g/mol. The lowest BCUT2D eigenvalue weighted by Crippen LogP contribution is -2.53. The van der Waals surface area contributed by atoms with Crippen LogP contribution in [0.15, 0.2) is 0 Å². The van der Waals surface area contributed by atoms with E-state index < -0.39 is 0 Å². The molecule has 2 heteroatoms. The SMILES string of the molecule is CC1C(=O)C(=O)C1(C)C. The molecule has 0 bridgehead atoms. The fourth-order valence-corrected chi connectivity index (χ4v) is 0.961. The standard InChI is InChI=1S/C7H10O2/c1-4-5(8)6(9)7(4,2)3/h4H,1-3H3. The first-order valence-corrected chi connectivity index (χ1v) is 3.06. The summed E-state index contributed by atoms with van der Waals surface area (Å²) in [7, 11) is 0. The molecule has 9 heavy (non-hydrogen) atoms. The van der Waals surface area contributed by atoms with Crippen LogP contribution in [-0.2, 0) is 9.59 Å². The monoisotopic (exact) mass is 126 g/mol. The highest BCUT2D eigenvalue weighted by Crippen LogP contribution is 2.38. The van der Waals surface area contributed by atoms with Crippen molar-refractivity contribution in [3.8, 4) is 0 Å². The van der Waals surface area contributed by atoms with Crippen LogP contribution < -0.4 is 0 Å². The molecular formula is C7H10O2. The van der Waals surface area contributed by atoms with Gasteiger partial charge in [0.15, 0.2) is 0 Å². The number of Topliss-reactive ketones (excluding diaryl/α,β-unsaturated/α-hetero) is 2. The quantitative estimate of drug-likeness (QED) is 0.450. The third-order valence-corrected chi connectivity index (χ3v) is 2.28. The van der Waals surface area contributed by atoms with Crippen molar-refractivity contribution in [2.45, 2.75) is 20.8 Å². The lowest BCUT2D eigenvalue weighted by atomic mass is 9.61. The molecule has 1 aliphatic rings. The summed E-state index contributed by atoms with van der Waals surface area (Å²) in [6.07, 6.45) is 0. The second-order valence-electron chi connectivity index (χ2n) is 3.14. The van der Waals surface area contributed by atoms with Crippen LogP contribution in [0.3, 0.4) is 0 Å². The van der Waals surface area contributed by atoms with Gasteiger partial charge >= 0.3 is 0 Å². The maximum Gasteiger partial charge on any atom is 0.204 e. The predicted molar refractivity (Wildman–Crippen MR) is 33.0 cm³/mol. The molecule has 0 aromatic heterocycles. The van der Waals surface area contributed by atoms with Crippen LogP contribution in [0.2, 0.25) is 0 Å². The molecule has 0 amide bonds. The zero-order valence-corrected chi connectivity index (χ0v) is 5.89. The van der Waals surface area contributed by atoms with E-state index in [1.54, 1.807) is 20.8 Å². The van der Waals surface area contributed by atoms with Crippen molar-refractivity contribution in [2.75, 3.05) is 0 Å². The van der Waals surface area contributed by atoms with Gasteiger partial charge in [0.05, 0.1) is 0 Å². The summed E-state index contributed by atoms with van der Waals surface area (Å²) in [5.41, 5.74) is -0.378. The van der Waals surface area contributed by atoms with E-state index in [1.807, 2.05) is 0 Å². The summed E-state index contributed by atoms with van der Waals surface area (Å²) >= 11 is 0. The predicted octanol–water partition coefficient (Wildman–Crippen LogP) is 0.800. The van der Waals surface area contributed by atoms with Crippen LogP contribution in [0.25, 0.3) is 0 Å². The highest BCUT2D eigenvalue weighted by Gasteiger charge is 2.52. The number of ketones is 2. The Hall–Kier alpha value is -0.660. The molecule has 50 valence electrons. The number of carbonyl (C=O) groups is 2. The second kappa shape index (κ2) is 1.43. The molecule has 2 nitrogen and oxygen atoms in total. The summed E-state index contributed by atoms with van der Waals surface area (Å²) in [4.78, 5) is 21.4. The molecule has 0 aliphatic heterocycles. The van der Waals surface area contributed by atoms with E-state index in [4.69, 9.17) is 0 Å². The van der Waals surface area contributed by atoms with Gasteiger partial charge in [-0.1, -0.05) is 20.8 Å². The molecule has 1 fully saturated rings. The molecule has 0 aromatic carbocycles. The van der Waals surface area contributed by atoms with Gasteiger partial charge in [-0.15, -0.1) is 0 Å². The Labute approximate surface area is 54.2 Å². The smallest absolute Gasteiger partial charge is 0.204 e. The third kappa shape index (κ3) is 0.560. The molecule has 1 atom stereocenters. The summed E-state index contributed by atoms with van der Waals surface area (Å²) in [5.74, 6) is -0.486. The first-order valence-electron chi connectivity index (χ1n) is 3.06. The number of rotatable bonds is 0. The van der Waals surface area contributed by atoms with Gasteiger partial charge in [-0.25, -0.2) is 0 Å². The Morgan fingerprint density at radius 3 is 1.89 bits per heavy atom. The summed E-state index contributed by atoms with van der Waals surface area (Å²) < 4.78 is 0. The van der Waals surface area contributed by atoms with Crippen molar-refractivity contribution in [1.82, 2.24) is 0 Å². The number of carbonyl (C=O) groups excluding carboxylic acids is 2. The van der Waals surface area contributed by atoms with E-state index in [0.29, 0.717) is 0 Å². The Balaban J connectivity index is 2.86. The van der Waals surface area contributed by atoms with Gasteiger partial charge in [-0.3, -0.25) is 9.59 Å². The molecule has 0 saturated heterocycles. The van der Waals surface area contributed by atoms with E-state index in [-0.39, 0.29) is 22.9 Å². The summed E-state index contributed by atoms with van der Waals surface area (Å²) in [5, 5.41) is 0. The van der Waals surface area contributed by atoms with Crippen LogP contribution >= 0.6 is 0 Å². The molecule has 0 spiro atoms. The molecule has 1 saturated carbocycles. The van der Waals surface area contributed by atoms with Crippen molar-refractivity contribution in [3.63, 3.8) is 0 Å². The second-order valence-corrected chi connectivity index (χ2v) is 3.14. The highest BCUT2D eigenvalue weighted by atomic mass is 16.2. The maximum atomic E-state index is 10.7. The lowest BCUT2D eigenvalue weighted by Gasteiger charge is -2.37. The molecule has 0 aromatic rings. The molecule has 1 unspecified atom stereocenters. The minimum absolute atomic E-state index is 0.0648. The van der Waals surface area contributed by atoms with Crippen LogP contribution in [0.1, 0.15) is 20.8 Å². The van der Waals surface area contributed by atoms with Crippen molar-refractivity contribution in [3.05, 3.63) is 0 Å². The molecule has 0 heterocycles. The Morgan fingerprint density at radius 2 is 1.78 bits per heavy atom. The van der Waals surface area contributed by atoms with E-state index in [2.05, 4.69) is 0 Å². The first kappa shape index (κ1) is 6.46. The van der Waals surface area contributed by atoms with Gasteiger partial charge in [-0.2, -0.15) is 0 Å². The van der Waals surface area contributed by atoms with E-state index in [9.17, 15) is 9.59 Å². The maximum absolute atomic E-state index is 10.7. The molecule has 1 aliphatic carbocycles. The zero-order chi connectivity index (χ0) is 7.23. The van der Waals surface area contributed by atoms with Crippen molar-refractivity contribution >= 4 is 11.6 Å². The lowest BCUT2D eigenvalue weighted by molar-refractivity contribution is -0.158. The van der Waals surface area contributed by atoms with Gasteiger partial charge in [0, 0.05) is 11.3 Å². The van der Waals surface area contributed by atoms with E-state index >= 15 is 0 Å². The van der Waals surface area contributed by atoms with E-state index in [1.165, 1.54) is 0 Å².